The molecule has 0 unspecified atom stereocenters. The summed E-state index contributed by atoms with van der Waals surface area (Å²) in [5.74, 6) is -0.979. The Balaban J connectivity index is 2.45. The fourth-order valence-electron chi connectivity index (χ4n) is 2.59. The van der Waals surface area contributed by atoms with Crippen molar-refractivity contribution in [1.29, 1.82) is 0 Å². The van der Waals surface area contributed by atoms with Crippen LogP contribution in [0.4, 0.5) is 10.1 Å². The molecule has 5 heteroatoms. The van der Waals surface area contributed by atoms with Gasteiger partial charge in [-0.25, -0.2) is 4.39 Å². The highest BCUT2D eigenvalue weighted by Gasteiger charge is 2.45. The minimum atomic E-state index is -0.924. The molecule has 1 aliphatic rings. The zero-order valence-electron chi connectivity index (χ0n) is 12.0. The van der Waals surface area contributed by atoms with E-state index in [1.165, 1.54) is 11.0 Å². The fourth-order valence-corrected chi connectivity index (χ4v) is 2.59. The lowest BCUT2D eigenvalue weighted by Gasteiger charge is -2.41. The van der Waals surface area contributed by atoms with E-state index < -0.39 is 11.4 Å². The van der Waals surface area contributed by atoms with E-state index in [4.69, 9.17) is 0 Å². The van der Waals surface area contributed by atoms with Gasteiger partial charge >= 0.3 is 0 Å². The van der Waals surface area contributed by atoms with Gasteiger partial charge in [0.1, 0.15) is 17.9 Å². The first-order valence-corrected chi connectivity index (χ1v) is 6.82. The second kappa shape index (κ2) is 5.23. The number of nitrogens with one attached hydrogen (secondary N) is 1. The SMILES string of the molecule is CCC1(CC)NC(=O)CN(c2ccc(C)cc2F)C1=O. The standard InChI is InChI=1S/C15H19FN2O2/c1-4-15(5-2)14(20)18(9-13(19)17-15)12-7-6-10(3)8-11(12)16/h6-8H,4-5,9H2,1-3H3,(H,17,19). The maximum absolute atomic E-state index is 14.1. The number of halogens is 1. The molecule has 0 spiro atoms. The second-order valence-electron chi connectivity index (χ2n) is 5.18. The molecule has 0 radical (unpaired) electrons. The molecule has 0 bridgehead atoms. The molecule has 0 aliphatic carbocycles. The third-order valence-corrected chi connectivity index (χ3v) is 3.94. The van der Waals surface area contributed by atoms with Crippen LogP contribution in [0.5, 0.6) is 0 Å². The second-order valence-corrected chi connectivity index (χ2v) is 5.18. The first-order valence-electron chi connectivity index (χ1n) is 6.82. The molecule has 1 heterocycles. The third kappa shape index (κ3) is 2.28. The van der Waals surface area contributed by atoms with Crippen LogP contribution in [0.1, 0.15) is 32.3 Å². The van der Waals surface area contributed by atoms with Gasteiger partial charge in [-0.2, -0.15) is 0 Å². The van der Waals surface area contributed by atoms with E-state index in [1.54, 1.807) is 19.1 Å². The molecule has 1 aromatic carbocycles. The third-order valence-electron chi connectivity index (χ3n) is 3.94. The molecule has 2 amide bonds. The predicted molar refractivity (Wildman–Crippen MR) is 74.9 cm³/mol. The van der Waals surface area contributed by atoms with E-state index >= 15 is 0 Å². The molecule has 1 aromatic rings. The van der Waals surface area contributed by atoms with Crippen molar-refractivity contribution >= 4 is 17.5 Å². The number of nitrogens with zero attached hydrogens (tertiary/aromatic N) is 1. The average Bonchev–Trinajstić information content (AvgIpc) is 2.41. The summed E-state index contributed by atoms with van der Waals surface area (Å²) in [6.45, 7) is 5.33. The fraction of sp³-hybridized carbons (Fsp3) is 0.467. The summed E-state index contributed by atoms with van der Waals surface area (Å²) in [4.78, 5) is 25.8. The Hall–Kier alpha value is -1.91. The minimum Gasteiger partial charge on any atom is -0.340 e. The highest BCUT2D eigenvalue weighted by Crippen LogP contribution is 2.28. The Morgan fingerprint density at radius 1 is 1.30 bits per heavy atom. The van der Waals surface area contributed by atoms with Crippen molar-refractivity contribution in [3.63, 3.8) is 0 Å². The molecule has 1 saturated heterocycles. The van der Waals surface area contributed by atoms with Crippen LogP contribution in [0.3, 0.4) is 0 Å². The maximum Gasteiger partial charge on any atom is 0.253 e. The van der Waals surface area contributed by atoms with Gasteiger partial charge in [0.25, 0.3) is 5.91 Å². The summed E-state index contributed by atoms with van der Waals surface area (Å²) < 4.78 is 14.1. The van der Waals surface area contributed by atoms with E-state index in [-0.39, 0.29) is 24.0 Å². The number of amides is 2. The number of hydrogen-bond donors (Lipinski definition) is 1. The van der Waals surface area contributed by atoms with Crippen LogP contribution < -0.4 is 10.2 Å². The Morgan fingerprint density at radius 2 is 1.95 bits per heavy atom. The van der Waals surface area contributed by atoms with E-state index in [0.717, 1.165) is 5.56 Å². The highest BCUT2D eigenvalue weighted by molar-refractivity contribution is 6.09. The molecular weight excluding hydrogens is 259 g/mol. The Kier molecular flexibility index (Phi) is 3.79. The lowest BCUT2D eigenvalue weighted by molar-refractivity contribution is -0.136. The lowest BCUT2D eigenvalue weighted by Crippen LogP contribution is -2.66. The van der Waals surface area contributed by atoms with Crippen LogP contribution in [-0.4, -0.2) is 23.9 Å². The number of rotatable bonds is 3. The highest BCUT2D eigenvalue weighted by atomic mass is 19.1. The molecule has 0 atom stereocenters. The molecule has 1 N–H and O–H groups in total. The first kappa shape index (κ1) is 14.5. The number of benzene rings is 1. The van der Waals surface area contributed by atoms with Gasteiger partial charge in [0, 0.05) is 0 Å². The molecule has 108 valence electrons. The molecular formula is C15H19FN2O2. The smallest absolute Gasteiger partial charge is 0.253 e. The van der Waals surface area contributed by atoms with Gasteiger partial charge in [0.05, 0.1) is 5.69 Å². The summed E-state index contributed by atoms with van der Waals surface area (Å²) in [7, 11) is 0. The van der Waals surface area contributed by atoms with E-state index in [9.17, 15) is 14.0 Å². The topological polar surface area (TPSA) is 49.4 Å². The molecule has 2 rings (SSSR count). The monoisotopic (exact) mass is 278 g/mol. The van der Waals surface area contributed by atoms with Crippen LogP contribution in [0.2, 0.25) is 0 Å². The van der Waals surface area contributed by atoms with Crippen LogP contribution >= 0.6 is 0 Å². The molecule has 4 nitrogen and oxygen atoms in total. The lowest BCUT2D eigenvalue weighted by atomic mass is 9.88. The van der Waals surface area contributed by atoms with Gasteiger partial charge in [0.15, 0.2) is 0 Å². The Morgan fingerprint density at radius 3 is 2.50 bits per heavy atom. The van der Waals surface area contributed by atoms with Crippen molar-refractivity contribution in [3.05, 3.63) is 29.6 Å². The molecule has 1 aliphatic heterocycles. The summed E-state index contributed by atoms with van der Waals surface area (Å²) in [5, 5.41) is 2.76. The zero-order chi connectivity index (χ0) is 14.9. The number of carbonyl (C=O) groups excluding carboxylic acids is 2. The van der Waals surface area contributed by atoms with Crippen molar-refractivity contribution in [2.75, 3.05) is 11.4 Å². The summed E-state index contributed by atoms with van der Waals surface area (Å²) in [5.41, 5.74) is 0.0197. The zero-order valence-corrected chi connectivity index (χ0v) is 12.0. The normalized spacial score (nSPS) is 18.1. The molecule has 1 fully saturated rings. The van der Waals surface area contributed by atoms with Crippen molar-refractivity contribution in [2.24, 2.45) is 0 Å². The van der Waals surface area contributed by atoms with Gasteiger partial charge in [-0.1, -0.05) is 19.9 Å². The molecule has 0 saturated carbocycles. The van der Waals surface area contributed by atoms with E-state index in [1.807, 2.05) is 13.8 Å². The summed E-state index contributed by atoms with van der Waals surface area (Å²) in [6, 6.07) is 4.66. The van der Waals surface area contributed by atoms with E-state index in [2.05, 4.69) is 5.32 Å². The first-order chi connectivity index (χ1) is 9.43. The average molecular weight is 278 g/mol. The molecule has 20 heavy (non-hydrogen) atoms. The van der Waals surface area contributed by atoms with Crippen LogP contribution in [-0.2, 0) is 9.59 Å². The summed E-state index contributed by atoms with van der Waals surface area (Å²) in [6.07, 6.45) is 0.968. The largest absolute Gasteiger partial charge is 0.340 e. The minimum absolute atomic E-state index is 0.138. The van der Waals surface area contributed by atoms with Gasteiger partial charge in [-0.15, -0.1) is 0 Å². The van der Waals surface area contributed by atoms with Gasteiger partial charge in [-0.3, -0.25) is 14.5 Å². The Labute approximate surface area is 118 Å². The van der Waals surface area contributed by atoms with Crippen molar-refractivity contribution < 1.29 is 14.0 Å². The number of aryl methyl sites for hydroxylation is 1. The predicted octanol–water partition coefficient (Wildman–Crippen LogP) is 2.16. The molecule has 0 aromatic heterocycles. The summed E-state index contributed by atoms with van der Waals surface area (Å²) >= 11 is 0. The number of anilines is 1. The van der Waals surface area contributed by atoms with Gasteiger partial charge in [-0.05, 0) is 37.5 Å². The quantitative estimate of drug-likeness (QED) is 0.921. The number of piperazine rings is 1. The van der Waals surface area contributed by atoms with Crippen molar-refractivity contribution in [3.8, 4) is 0 Å². The van der Waals surface area contributed by atoms with Gasteiger partial charge in [0.2, 0.25) is 5.91 Å². The van der Waals surface area contributed by atoms with Crippen molar-refractivity contribution in [2.45, 2.75) is 39.2 Å². The Bertz CT molecular complexity index is 553. The van der Waals surface area contributed by atoms with Crippen LogP contribution in [0, 0.1) is 12.7 Å². The van der Waals surface area contributed by atoms with E-state index in [0.29, 0.717) is 12.8 Å². The number of carbonyl (C=O) groups is 2. The van der Waals surface area contributed by atoms with Crippen LogP contribution in [0.25, 0.3) is 0 Å². The number of hydrogen-bond acceptors (Lipinski definition) is 2. The van der Waals surface area contributed by atoms with Crippen molar-refractivity contribution in [1.82, 2.24) is 5.32 Å². The van der Waals surface area contributed by atoms with Crippen LogP contribution in [0.15, 0.2) is 18.2 Å². The van der Waals surface area contributed by atoms with Gasteiger partial charge < -0.3 is 5.32 Å². The maximum atomic E-state index is 14.1.